The van der Waals surface area contributed by atoms with E-state index in [1.54, 1.807) is 0 Å². The molecule has 0 bridgehead atoms. The Morgan fingerprint density at radius 3 is 2.33 bits per heavy atom. The van der Waals surface area contributed by atoms with E-state index in [1.807, 2.05) is 0 Å². The number of amides is 2. The van der Waals surface area contributed by atoms with Crippen LogP contribution in [0, 0.1) is 17.5 Å². The topological polar surface area (TPSA) is 113 Å². The first kappa shape index (κ1) is 27.3. The zero-order valence-corrected chi connectivity index (χ0v) is 19.6. The fraction of sp³-hybridized carbons (Fsp3) is 0.105. The predicted octanol–water partition coefficient (Wildman–Crippen LogP) is 6.71. The fourth-order valence-corrected chi connectivity index (χ4v) is 5.16. The van der Waals surface area contributed by atoms with Crippen molar-refractivity contribution < 1.29 is 41.9 Å². The molecule has 2 amide bonds. The number of carbonyl (C=O) groups excluding carboxylic acids is 1. The van der Waals surface area contributed by atoms with Crippen LogP contribution in [-0.2, 0) is 15.9 Å². The van der Waals surface area contributed by atoms with Gasteiger partial charge in [-0.1, -0.05) is 29.5 Å². The Labute approximate surface area is 199 Å². The van der Waals surface area contributed by atoms with Crippen molar-refractivity contribution in [2.45, 2.75) is 10.6 Å². The summed E-state index contributed by atoms with van der Waals surface area (Å²) in [5.41, 5.74) is 2.50. The number of primary amides is 1. The summed E-state index contributed by atoms with van der Waals surface area (Å²) >= 11 is 0. The molecule has 0 saturated carbocycles. The van der Waals surface area contributed by atoms with Gasteiger partial charge in [-0.25, -0.2) is 27.9 Å². The average Bonchev–Trinajstić information content (AvgIpc) is 2.66. The number of halogens is 8. The van der Waals surface area contributed by atoms with Gasteiger partial charge in [0.15, 0.2) is 5.82 Å². The summed E-state index contributed by atoms with van der Waals surface area (Å²) in [4.78, 5) is 15.8. The van der Waals surface area contributed by atoms with E-state index in [9.17, 15) is 41.9 Å². The lowest BCUT2D eigenvalue weighted by atomic mass is 10.1. The van der Waals surface area contributed by atoms with E-state index in [1.165, 1.54) is 0 Å². The predicted molar refractivity (Wildman–Crippen MR) is 121 cm³/mol. The Hall–Kier alpha value is -3.31. The maximum atomic E-state index is 14.2. The van der Waals surface area contributed by atoms with Gasteiger partial charge in [-0.15, -0.1) is 0 Å². The van der Waals surface area contributed by atoms with E-state index in [0.29, 0.717) is 12.3 Å². The number of nitrogens with zero attached hydrogens (tertiary/aromatic N) is 3. The lowest BCUT2D eigenvalue weighted by Gasteiger charge is -2.41. The van der Waals surface area contributed by atoms with E-state index in [-0.39, 0.29) is 12.1 Å². The zero-order valence-electron chi connectivity index (χ0n) is 17.9. The van der Waals surface area contributed by atoms with Gasteiger partial charge in [-0.2, -0.15) is 4.36 Å². The highest BCUT2D eigenvalue weighted by Gasteiger charge is 2.65. The lowest BCUT2D eigenvalue weighted by molar-refractivity contribution is 0.257. The normalized spacial score (nSPS) is 14.5. The Bertz CT molecular complexity index is 1430. The van der Waals surface area contributed by atoms with Gasteiger partial charge in [0.1, 0.15) is 22.2 Å². The molecule has 0 aliphatic rings. The van der Waals surface area contributed by atoms with Crippen LogP contribution in [0.5, 0.6) is 0 Å². The first-order valence-electron chi connectivity index (χ1n) is 9.46. The van der Waals surface area contributed by atoms with E-state index in [4.69, 9.17) is 5.73 Å². The molecule has 0 radical (unpaired) electrons. The molecule has 0 atom stereocenters. The van der Waals surface area contributed by atoms with Gasteiger partial charge in [-0.05, 0) is 42.2 Å². The highest BCUT2D eigenvalue weighted by molar-refractivity contribution is 8.45. The van der Waals surface area contributed by atoms with Crippen molar-refractivity contribution in [1.82, 2.24) is 9.97 Å². The smallest absolute Gasteiger partial charge is 0.344 e. The number of urea groups is 1. The van der Waals surface area contributed by atoms with Crippen LogP contribution in [-0.4, -0.2) is 26.8 Å². The van der Waals surface area contributed by atoms with Crippen molar-refractivity contribution in [2.24, 2.45) is 10.1 Å². The Morgan fingerprint density at radius 2 is 1.75 bits per heavy atom. The van der Waals surface area contributed by atoms with Crippen LogP contribution in [0.3, 0.4) is 0 Å². The minimum Gasteiger partial charge on any atom is -0.349 e. The molecule has 4 N–H and O–H groups in total. The number of rotatable bonds is 6. The monoisotopic (exact) mass is 563 g/mol. The quantitative estimate of drug-likeness (QED) is 0.197. The molecule has 0 aliphatic heterocycles. The summed E-state index contributed by atoms with van der Waals surface area (Å²) in [6.45, 7) is 0. The Kier molecular flexibility index (Phi) is 6.35. The highest BCUT2D eigenvalue weighted by atomic mass is 32.5. The van der Waals surface area contributed by atoms with Crippen molar-refractivity contribution in [3.05, 3.63) is 65.6 Å². The molecule has 0 unspecified atom stereocenters. The third kappa shape index (κ3) is 6.88. The van der Waals surface area contributed by atoms with Crippen LogP contribution >= 0.6 is 10.2 Å². The van der Waals surface area contributed by atoms with Crippen molar-refractivity contribution in [3.8, 4) is 11.3 Å². The van der Waals surface area contributed by atoms with Gasteiger partial charge < -0.3 is 15.6 Å². The fourth-order valence-electron chi connectivity index (χ4n) is 3.07. The van der Waals surface area contributed by atoms with Crippen molar-refractivity contribution in [1.29, 1.82) is 0 Å². The molecular formula is C19H17F8N5O2S2. The number of aromatic nitrogens is 2. The highest BCUT2D eigenvalue weighted by Crippen LogP contribution is 3.02. The lowest BCUT2D eigenvalue weighted by Crippen LogP contribution is -2.17. The first-order chi connectivity index (χ1) is 16.2. The first-order valence-corrected chi connectivity index (χ1v) is 13.7. The van der Waals surface area contributed by atoms with Crippen molar-refractivity contribution in [3.63, 3.8) is 0 Å². The Balaban J connectivity index is 2.11. The molecule has 1 aromatic heterocycles. The number of carbonyl (C=O) groups is 1. The number of hydrogen-bond acceptors (Lipinski definition) is 4. The second kappa shape index (κ2) is 8.38. The van der Waals surface area contributed by atoms with Crippen LogP contribution in [0.2, 0.25) is 0 Å². The van der Waals surface area contributed by atoms with Gasteiger partial charge in [0.25, 0.3) is 0 Å². The van der Waals surface area contributed by atoms with Gasteiger partial charge in [0.2, 0.25) is 5.95 Å². The second-order valence-corrected chi connectivity index (χ2v) is 12.8. The number of anilines is 2. The number of nitrogens with two attached hydrogens (primary N) is 1. The number of nitrogens with one attached hydrogen (secondary N) is 1. The second-order valence-electron chi connectivity index (χ2n) is 7.66. The van der Waals surface area contributed by atoms with Crippen LogP contribution in [0.15, 0.2) is 51.9 Å². The summed E-state index contributed by atoms with van der Waals surface area (Å²) in [7, 11) is -13.9. The number of hydrogen-bond donors (Lipinski definition) is 4. The summed E-state index contributed by atoms with van der Waals surface area (Å²) in [5, 5.41) is 2.19. The number of benzene rings is 2. The maximum Gasteiger partial charge on any atom is 0.344 e. The molecule has 3 aromatic rings. The molecule has 3 rings (SSSR count). The van der Waals surface area contributed by atoms with Gasteiger partial charge in [0.05, 0.1) is 6.20 Å². The molecule has 0 saturated heterocycles. The third-order valence-electron chi connectivity index (χ3n) is 4.39. The molecule has 0 spiro atoms. The zero-order chi connectivity index (χ0) is 27.2. The molecule has 0 fully saturated rings. The van der Waals surface area contributed by atoms with Gasteiger partial charge in [0, 0.05) is 23.1 Å². The molecule has 2 aromatic carbocycles. The molecule has 7 nitrogen and oxygen atoms in total. The van der Waals surface area contributed by atoms with E-state index >= 15 is 0 Å². The van der Waals surface area contributed by atoms with Crippen LogP contribution in [0.1, 0.15) is 5.56 Å². The SMILES string of the molecule is C[SH](O)(Cc1cc(Nc2ncc(F)c(-c3ccc(F)cc3F)n2)cc(S(F)(F)(F)(F)F)c1)=NC(N)=O. The molecular weight excluding hydrogens is 546 g/mol. The minimum atomic E-state index is -10.3. The Morgan fingerprint density at radius 1 is 1.08 bits per heavy atom. The minimum absolute atomic E-state index is 0.0360. The molecule has 17 heteroatoms. The molecule has 36 heavy (non-hydrogen) atoms. The van der Waals surface area contributed by atoms with E-state index in [0.717, 1.165) is 24.5 Å². The van der Waals surface area contributed by atoms with E-state index < -0.39 is 82.9 Å². The summed E-state index contributed by atoms with van der Waals surface area (Å²) in [6, 6.07) is 1.83. The molecule has 198 valence electrons. The maximum absolute atomic E-state index is 14.2. The number of thiol groups is 1. The van der Waals surface area contributed by atoms with Crippen LogP contribution < -0.4 is 11.1 Å². The average molecular weight is 563 g/mol. The molecule has 1 heterocycles. The van der Waals surface area contributed by atoms with E-state index in [2.05, 4.69) is 19.6 Å². The van der Waals surface area contributed by atoms with Crippen molar-refractivity contribution >= 4 is 38.0 Å². The van der Waals surface area contributed by atoms with Gasteiger partial charge >= 0.3 is 16.3 Å². The third-order valence-corrected chi connectivity index (χ3v) is 7.11. The summed E-state index contributed by atoms with van der Waals surface area (Å²) < 4.78 is 123. The summed E-state index contributed by atoms with van der Waals surface area (Å²) in [6.07, 6.45) is 1.55. The largest absolute Gasteiger partial charge is 0.349 e. The standard InChI is InChI=1S/C19H17F8N5O2S2/c1-35(34,32-18(28)33)9-10-4-12(7-13(5-10)36(23,24,25,26)27)30-19-29-8-16(22)17(31-19)14-3-2-11(20)6-15(14)21/h2-8,35H,9H2,1H3,(H,29,30,31)(H3,28,32,33,34). The van der Waals surface area contributed by atoms with Crippen LogP contribution in [0.25, 0.3) is 11.3 Å². The summed E-state index contributed by atoms with van der Waals surface area (Å²) in [5.74, 6) is -4.69. The van der Waals surface area contributed by atoms with Crippen LogP contribution in [0.4, 0.5) is 49.0 Å². The van der Waals surface area contributed by atoms with Crippen molar-refractivity contribution in [2.75, 3.05) is 11.6 Å². The van der Waals surface area contributed by atoms with Gasteiger partial charge in [-0.3, -0.25) is 0 Å². The molecule has 0 aliphatic carbocycles.